The maximum absolute atomic E-state index is 13.2. The SMILES string of the molecule is CC(C)(C)OC(=O)NNC(=O)Nc1cccc(OCc2cccc(F)c2)c1. The van der Waals surface area contributed by atoms with E-state index in [4.69, 9.17) is 9.47 Å². The normalized spacial score (nSPS) is 10.7. The molecule has 0 saturated heterocycles. The molecule has 0 spiro atoms. The third kappa shape index (κ3) is 7.64. The van der Waals surface area contributed by atoms with Gasteiger partial charge in [-0.1, -0.05) is 18.2 Å². The van der Waals surface area contributed by atoms with Gasteiger partial charge in [0, 0.05) is 11.8 Å². The van der Waals surface area contributed by atoms with Gasteiger partial charge in [-0.25, -0.2) is 24.8 Å². The molecule has 8 heteroatoms. The lowest BCUT2D eigenvalue weighted by molar-refractivity contribution is 0.0506. The summed E-state index contributed by atoms with van der Waals surface area (Å²) in [6.07, 6.45) is -0.773. The van der Waals surface area contributed by atoms with Gasteiger partial charge < -0.3 is 14.8 Å². The van der Waals surface area contributed by atoms with Crippen molar-refractivity contribution >= 4 is 17.8 Å². The van der Waals surface area contributed by atoms with Crippen LogP contribution in [0.4, 0.5) is 19.7 Å². The molecule has 2 rings (SSSR count). The molecule has 0 saturated carbocycles. The molecule has 144 valence electrons. The number of hydrogen-bond acceptors (Lipinski definition) is 4. The molecule has 0 atom stereocenters. The van der Waals surface area contributed by atoms with E-state index in [0.717, 1.165) is 0 Å². The molecule has 2 aromatic rings. The summed E-state index contributed by atoms with van der Waals surface area (Å²) in [6, 6.07) is 12.1. The van der Waals surface area contributed by atoms with Crippen molar-refractivity contribution in [2.45, 2.75) is 33.0 Å². The minimum absolute atomic E-state index is 0.188. The van der Waals surface area contributed by atoms with E-state index >= 15 is 0 Å². The second-order valence-corrected chi connectivity index (χ2v) is 6.65. The maximum atomic E-state index is 13.2. The Morgan fingerprint density at radius 1 is 1.04 bits per heavy atom. The Balaban J connectivity index is 1.84. The maximum Gasteiger partial charge on any atom is 0.426 e. The van der Waals surface area contributed by atoms with Gasteiger partial charge in [0.15, 0.2) is 0 Å². The summed E-state index contributed by atoms with van der Waals surface area (Å²) in [5.74, 6) is 0.165. The Morgan fingerprint density at radius 3 is 2.48 bits per heavy atom. The number of nitrogens with one attached hydrogen (secondary N) is 3. The average molecular weight is 375 g/mol. The van der Waals surface area contributed by atoms with Crippen LogP contribution in [0.2, 0.25) is 0 Å². The number of hydrazine groups is 1. The lowest BCUT2D eigenvalue weighted by Gasteiger charge is -2.19. The van der Waals surface area contributed by atoms with Crippen LogP contribution in [0.3, 0.4) is 0 Å². The minimum atomic E-state index is -0.773. The highest BCUT2D eigenvalue weighted by Gasteiger charge is 2.16. The predicted molar refractivity (Wildman–Crippen MR) is 98.7 cm³/mol. The van der Waals surface area contributed by atoms with Crippen LogP contribution in [0, 0.1) is 5.82 Å². The molecule has 3 amide bonds. The zero-order chi connectivity index (χ0) is 19.9. The van der Waals surface area contributed by atoms with Gasteiger partial charge in [-0.3, -0.25) is 0 Å². The van der Waals surface area contributed by atoms with E-state index in [1.54, 1.807) is 57.2 Å². The molecule has 0 bridgehead atoms. The fourth-order valence-electron chi connectivity index (χ4n) is 2.03. The van der Waals surface area contributed by atoms with E-state index < -0.39 is 17.7 Å². The molecule has 0 radical (unpaired) electrons. The second kappa shape index (κ2) is 8.88. The average Bonchev–Trinajstić information content (AvgIpc) is 2.57. The van der Waals surface area contributed by atoms with Gasteiger partial charge in [-0.2, -0.15) is 0 Å². The van der Waals surface area contributed by atoms with E-state index in [2.05, 4.69) is 16.2 Å². The van der Waals surface area contributed by atoms with Crippen LogP contribution in [0.25, 0.3) is 0 Å². The summed E-state index contributed by atoms with van der Waals surface area (Å²) >= 11 is 0. The number of carbonyl (C=O) groups is 2. The Labute approximate surface area is 156 Å². The monoisotopic (exact) mass is 375 g/mol. The highest BCUT2D eigenvalue weighted by atomic mass is 19.1. The van der Waals surface area contributed by atoms with Crippen LogP contribution < -0.4 is 20.9 Å². The lowest BCUT2D eigenvalue weighted by Crippen LogP contribution is -2.46. The largest absolute Gasteiger partial charge is 0.489 e. The first-order chi connectivity index (χ1) is 12.7. The Bertz CT molecular complexity index is 806. The van der Waals surface area contributed by atoms with Gasteiger partial charge in [0.1, 0.15) is 23.8 Å². The van der Waals surface area contributed by atoms with Crippen molar-refractivity contribution in [3.05, 3.63) is 59.9 Å². The Morgan fingerprint density at radius 2 is 1.78 bits per heavy atom. The number of anilines is 1. The number of carbonyl (C=O) groups excluding carboxylic acids is 2. The van der Waals surface area contributed by atoms with Crippen molar-refractivity contribution in [2.24, 2.45) is 0 Å². The molecule has 0 aromatic heterocycles. The highest BCUT2D eigenvalue weighted by Crippen LogP contribution is 2.18. The molecule has 27 heavy (non-hydrogen) atoms. The number of hydrogen-bond donors (Lipinski definition) is 3. The third-order valence-corrected chi connectivity index (χ3v) is 3.06. The number of benzene rings is 2. The number of urea groups is 1. The van der Waals surface area contributed by atoms with E-state index in [1.165, 1.54) is 12.1 Å². The molecule has 2 aromatic carbocycles. The van der Waals surface area contributed by atoms with Crippen LogP contribution in [-0.4, -0.2) is 17.7 Å². The number of halogens is 1. The first-order valence-electron chi connectivity index (χ1n) is 8.24. The van der Waals surface area contributed by atoms with Crippen LogP contribution in [0.15, 0.2) is 48.5 Å². The van der Waals surface area contributed by atoms with Crippen molar-refractivity contribution in [1.82, 2.24) is 10.9 Å². The van der Waals surface area contributed by atoms with Gasteiger partial charge >= 0.3 is 12.1 Å². The molecule has 0 aliphatic rings. The Kier molecular flexibility index (Phi) is 6.59. The van der Waals surface area contributed by atoms with Crippen LogP contribution in [-0.2, 0) is 11.3 Å². The van der Waals surface area contributed by atoms with Gasteiger partial charge in [0.25, 0.3) is 0 Å². The second-order valence-electron chi connectivity index (χ2n) is 6.65. The molecular formula is C19H22FN3O4. The Hall–Kier alpha value is -3.29. The third-order valence-electron chi connectivity index (χ3n) is 3.06. The van der Waals surface area contributed by atoms with E-state index in [-0.39, 0.29) is 12.4 Å². The van der Waals surface area contributed by atoms with E-state index in [9.17, 15) is 14.0 Å². The standard InChI is InChI=1S/C19H22FN3O4/c1-19(2,3)27-18(25)23-22-17(24)21-15-8-5-9-16(11-15)26-12-13-6-4-7-14(20)10-13/h4-11H,12H2,1-3H3,(H,23,25)(H2,21,22,24). The number of rotatable bonds is 4. The number of ether oxygens (including phenoxy) is 2. The van der Waals surface area contributed by atoms with E-state index in [1.807, 2.05) is 0 Å². The molecule has 0 unspecified atom stereocenters. The quantitative estimate of drug-likeness (QED) is 0.706. The molecule has 7 nitrogen and oxygen atoms in total. The zero-order valence-electron chi connectivity index (χ0n) is 15.3. The molecule has 3 N–H and O–H groups in total. The van der Waals surface area contributed by atoms with Gasteiger partial charge in [0.2, 0.25) is 0 Å². The van der Waals surface area contributed by atoms with Gasteiger partial charge in [-0.05, 0) is 50.6 Å². The van der Waals surface area contributed by atoms with E-state index in [0.29, 0.717) is 17.0 Å². The smallest absolute Gasteiger partial charge is 0.426 e. The minimum Gasteiger partial charge on any atom is -0.489 e. The molecule has 0 aliphatic carbocycles. The lowest BCUT2D eigenvalue weighted by atomic mass is 10.2. The van der Waals surface area contributed by atoms with Crippen LogP contribution in [0.1, 0.15) is 26.3 Å². The van der Waals surface area contributed by atoms with Crippen molar-refractivity contribution in [3.8, 4) is 5.75 Å². The summed E-state index contributed by atoms with van der Waals surface area (Å²) < 4.78 is 23.8. The molecule has 0 aliphatic heterocycles. The molecule has 0 fully saturated rings. The topological polar surface area (TPSA) is 88.7 Å². The summed E-state index contributed by atoms with van der Waals surface area (Å²) in [7, 11) is 0. The van der Waals surface area contributed by atoms with Gasteiger partial charge in [-0.15, -0.1) is 0 Å². The summed E-state index contributed by atoms with van der Waals surface area (Å²) in [5, 5.41) is 2.55. The first-order valence-corrected chi connectivity index (χ1v) is 8.24. The van der Waals surface area contributed by atoms with Crippen molar-refractivity contribution < 1.29 is 23.5 Å². The van der Waals surface area contributed by atoms with Crippen molar-refractivity contribution in [2.75, 3.05) is 5.32 Å². The summed E-state index contributed by atoms with van der Waals surface area (Å²) in [6.45, 7) is 5.32. The van der Waals surface area contributed by atoms with Gasteiger partial charge in [0.05, 0.1) is 0 Å². The summed E-state index contributed by atoms with van der Waals surface area (Å²) in [4.78, 5) is 23.3. The molecule has 0 heterocycles. The fourth-order valence-corrected chi connectivity index (χ4v) is 2.03. The predicted octanol–water partition coefficient (Wildman–Crippen LogP) is 3.97. The summed E-state index contributed by atoms with van der Waals surface area (Å²) in [5.41, 5.74) is 4.79. The molecular weight excluding hydrogens is 353 g/mol. The number of amides is 3. The van der Waals surface area contributed by atoms with Crippen molar-refractivity contribution in [3.63, 3.8) is 0 Å². The van der Waals surface area contributed by atoms with Crippen LogP contribution >= 0.6 is 0 Å². The zero-order valence-corrected chi connectivity index (χ0v) is 15.3. The highest BCUT2D eigenvalue weighted by molar-refractivity contribution is 5.90. The first kappa shape index (κ1) is 20.0. The van der Waals surface area contributed by atoms with Crippen LogP contribution in [0.5, 0.6) is 5.75 Å². The fraction of sp³-hybridized carbons (Fsp3) is 0.263. The van der Waals surface area contributed by atoms with Crippen molar-refractivity contribution in [1.29, 1.82) is 0 Å².